The Morgan fingerprint density at radius 2 is 2.25 bits per heavy atom. The maximum absolute atomic E-state index is 8.71. The Morgan fingerprint density at radius 3 is 3.00 bits per heavy atom. The van der Waals surface area contributed by atoms with Crippen LogP contribution in [0.2, 0.25) is 0 Å². The van der Waals surface area contributed by atoms with Gasteiger partial charge in [-0.05, 0) is 32.2 Å². The van der Waals surface area contributed by atoms with Gasteiger partial charge in [0, 0.05) is 32.3 Å². The fraction of sp³-hybridized carbons (Fsp3) is 1.00. The minimum absolute atomic E-state index is 0.00684. The highest BCUT2D eigenvalue weighted by Gasteiger charge is 2.40. The Morgan fingerprint density at radius 1 is 1.31 bits per heavy atom. The summed E-state index contributed by atoms with van der Waals surface area (Å²) in [4.78, 5) is 0. The zero-order valence-corrected chi connectivity index (χ0v) is 9.91. The fourth-order valence-corrected chi connectivity index (χ4v) is 2.61. The molecule has 1 spiro atoms. The molecule has 2 atom stereocenters. The van der Waals surface area contributed by atoms with Crippen molar-refractivity contribution >= 4 is 0 Å². The first-order valence-electron chi connectivity index (χ1n) is 6.41. The van der Waals surface area contributed by atoms with E-state index in [2.05, 4.69) is 5.32 Å². The molecule has 2 unspecified atom stereocenters. The van der Waals surface area contributed by atoms with Crippen molar-refractivity contribution in [3.63, 3.8) is 0 Å². The molecule has 94 valence electrons. The molecule has 2 rings (SSSR count). The van der Waals surface area contributed by atoms with E-state index in [4.69, 9.17) is 14.6 Å². The third kappa shape index (κ3) is 3.17. The van der Waals surface area contributed by atoms with E-state index in [1.165, 1.54) is 0 Å². The summed E-state index contributed by atoms with van der Waals surface area (Å²) in [6, 6.07) is 0.564. The monoisotopic (exact) mass is 229 g/mol. The molecule has 0 radical (unpaired) electrons. The van der Waals surface area contributed by atoms with Crippen LogP contribution >= 0.6 is 0 Å². The zero-order valence-electron chi connectivity index (χ0n) is 9.91. The molecule has 0 aliphatic carbocycles. The first-order chi connectivity index (χ1) is 7.85. The molecular weight excluding hydrogens is 206 g/mol. The van der Waals surface area contributed by atoms with E-state index < -0.39 is 0 Å². The van der Waals surface area contributed by atoms with Crippen molar-refractivity contribution in [1.82, 2.24) is 5.32 Å². The van der Waals surface area contributed by atoms with Gasteiger partial charge in [-0.3, -0.25) is 0 Å². The number of aliphatic hydroxyl groups is 1. The Hall–Kier alpha value is -0.160. The standard InChI is InChI=1S/C12H23NO3/c14-6-2-1-5-13-11-3-7-16-12(9-11)4-8-15-10-12/h11,13-14H,1-10H2. The van der Waals surface area contributed by atoms with Crippen molar-refractivity contribution in [3.8, 4) is 0 Å². The highest BCUT2D eigenvalue weighted by atomic mass is 16.6. The molecule has 0 saturated carbocycles. The van der Waals surface area contributed by atoms with Crippen LogP contribution in [0.5, 0.6) is 0 Å². The lowest BCUT2D eigenvalue weighted by molar-refractivity contribution is -0.0892. The Bertz CT molecular complexity index is 204. The van der Waals surface area contributed by atoms with E-state index >= 15 is 0 Å². The molecule has 4 nitrogen and oxygen atoms in total. The quantitative estimate of drug-likeness (QED) is 0.681. The van der Waals surface area contributed by atoms with Crippen LogP contribution in [0.25, 0.3) is 0 Å². The van der Waals surface area contributed by atoms with Crippen LogP contribution in [0.15, 0.2) is 0 Å². The van der Waals surface area contributed by atoms with Crippen LogP contribution < -0.4 is 5.32 Å². The first kappa shape index (κ1) is 12.3. The van der Waals surface area contributed by atoms with Crippen LogP contribution in [0.1, 0.15) is 32.1 Å². The highest BCUT2D eigenvalue weighted by Crippen LogP contribution is 2.32. The van der Waals surface area contributed by atoms with Gasteiger partial charge in [0.05, 0.1) is 12.2 Å². The van der Waals surface area contributed by atoms with Crippen LogP contribution in [0.4, 0.5) is 0 Å². The topological polar surface area (TPSA) is 50.7 Å². The largest absolute Gasteiger partial charge is 0.396 e. The van der Waals surface area contributed by atoms with Gasteiger partial charge in [0.15, 0.2) is 0 Å². The Kier molecular flexibility index (Phi) is 4.58. The van der Waals surface area contributed by atoms with E-state index in [1.54, 1.807) is 0 Å². The third-order valence-corrected chi connectivity index (χ3v) is 3.58. The summed E-state index contributed by atoms with van der Waals surface area (Å²) in [7, 11) is 0. The summed E-state index contributed by atoms with van der Waals surface area (Å²) in [6.07, 6.45) is 5.16. The lowest BCUT2D eigenvalue weighted by atomic mass is 9.89. The molecule has 16 heavy (non-hydrogen) atoms. The van der Waals surface area contributed by atoms with E-state index in [9.17, 15) is 0 Å². The SMILES string of the molecule is OCCCCNC1CCOC2(CCOC2)C1. The van der Waals surface area contributed by atoms with E-state index in [0.717, 1.165) is 58.5 Å². The average molecular weight is 229 g/mol. The minimum atomic E-state index is 0.00684. The lowest BCUT2D eigenvalue weighted by Gasteiger charge is -2.37. The van der Waals surface area contributed by atoms with Gasteiger partial charge in [0.25, 0.3) is 0 Å². The molecule has 2 aliphatic heterocycles. The van der Waals surface area contributed by atoms with Crippen molar-refractivity contribution in [2.45, 2.75) is 43.7 Å². The zero-order chi connectivity index (χ0) is 11.3. The third-order valence-electron chi connectivity index (χ3n) is 3.58. The molecule has 0 aromatic rings. The number of rotatable bonds is 5. The number of ether oxygens (including phenoxy) is 2. The molecule has 0 aromatic carbocycles. The molecule has 0 amide bonds. The molecule has 0 aromatic heterocycles. The number of hydrogen-bond acceptors (Lipinski definition) is 4. The van der Waals surface area contributed by atoms with Gasteiger partial charge in [-0.25, -0.2) is 0 Å². The summed E-state index contributed by atoms with van der Waals surface area (Å²) in [6.45, 7) is 3.76. The minimum Gasteiger partial charge on any atom is -0.396 e. The number of hydrogen-bond donors (Lipinski definition) is 2. The van der Waals surface area contributed by atoms with Crippen LogP contribution in [-0.4, -0.2) is 49.7 Å². The molecule has 2 N–H and O–H groups in total. The van der Waals surface area contributed by atoms with Crippen molar-refractivity contribution < 1.29 is 14.6 Å². The molecule has 2 heterocycles. The van der Waals surface area contributed by atoms with Crippen LogP contribution in [-0.2, 0) is 9.47 Å². The van der Waals surface area contributed by atoms with E-state index in [-0.39, 0.29) is 5.60 Å². The predicted octanol–water partition coefficient (Wildman–Crippen LogP) is 0.687. The van der Waals surface area contributed by atoms with Crippen LogP contribution in [0.3, 0.4) is 0 Å². The molecule has 4 heteroatoms. The van der Waals surface area contributed by atoms with Crippen molar-refractivity contribution in [2.75, 3.05) is 33.0 Å². The number of aliphatic hydroxyl groups excluding tert-OH is 1. The van der Waals surface area contributed by atoms with Gasteiger partial charge in [0.2, 0.25) is 0 Å². The summed E-state index contributed by atoms with van der Waals surface area (Å²) in [5, 5.41) is 12.3. The summed E-state index contributed by atoms with van der Waals surface area (Å²) >= 11 is 0. The van der Waals surface area contributed by atoms with E-state index in [0.29, 0.717) is 12.6 Å². The second-order valence-electron chi connectivity index (χ2n) is 4.91. The van der Waals surface area contributed by atoms with Crippen molar-refractivity contribution in [3.05, 3.63) is 0 Å². The maximum Gasteiger partial charge on any atom is 0.0951 e. The van der Waals surface area contributed by atoms with Gasteiger partial charge >= 0.3 is 0 Å². The molecule has 2 fully saturated rings. The smallest absolute Gasteiger partial charge is 0.0951 e. The maximum atomic E-state index is 8.71. The summed E-state index contributed by atoms with van der Waals surface area (Å²) in [5.41, 5.74) is 0.00684. The van der Waals surface area contributed by atoms with Gasteiger partial charge in [-0.1, -0.05) is 0 Å². The Labute approximate surface area is 97.3 Å². The Balaban J connectivity index is 1.70. The normalized spacial score (nSPS) is 34.7. The number of nitrogens with one attached hydrogen (secondary N) is 1. The van der Waals surface area contributed by atoms with E-state index in [1.807, 2.05) is 0 Å². The molecular formula is C12H23NO3. The van der Waals surface area contributed by atoms with Crippen molar-refractivity contribution in [1.29, 1.82) is 0 Å². The second-order valence-corrected chi connectivity index (χ2v) is 4.91. The number of unbranched alkanes of at least 4 members (excludes halogenated alkanes) is 1. The first-order valence-corrected chi connectivity index (χ1v) is 6.41. The van der Waals surface area contributed by atoms with Gasteiger partial charge in [-0.15, -0.1) is 0 Å². The molecule has 2 saturated heterocycles. The highest BCUT2D eigenvalue weighted by molar-refractivity contribution is 4.92. The molecule has 2 aliphatic rings. The average Bonchev–Trinajstić information content (AvgIpc) is 2.73. The van der Waals surface area contributed by atoms with Gasteiger partial charge < -0.3 is 19.9 Å². The molecule has 0 bridgehead atoms. The lowest BCUT2D eigenvalue weighted by Crippen LogP contribution is -2.47. The predicted molar refractivity (Wildman–Crippen MR) is 61.5 cm³/mol. The van der Waals surface area contributed by atoms with Gasteiger partial charge in [-0.2, -0.15) is 0 Å². The summed E-state index contributed by atoms with van der Waals surface area (Å²) < 4.78 is 11.3. The summed E-state index contributed by atoms with van der Waals surface area (Å²) in [5.74, 6) is 0. The fourth-order valence-electron chi connectivity index (χ4n) is 2.61. The van der Waals surface area contributed by atoms with Crippen LogP contribution in [0, 0.1) is 0 Å². The van der Waals surface area contributed by atoms with Crippen molar-refractivity contribution in [2.24, 2.45) is 0 Å². The second kappa shape index (κ2) is 5.96. The van der Waals surface area contributed by atoms with Gasteiger partial charge in [0.1, 0.15) is 0 Å².